The number of carboxylic acids is 1. The van der Waals surface area contributed by atoms with Crippen LogP contribution in [0.2, 0.25) is 0 Å². The van der Waals surface area contributed by atoms with E-state index in [1.165, 1.54) is 58.6 Å². The summed E-state index contributed by atoms with van der Waals surface area (Å²) in [6.45, 7) is 0.493. The van der Waals surface area contributed by atoms with Crippen LogP contribution in [0.1, 0.15) is 144 Å². The minimum atomic E-state index is -1.34. The average molecular weight is 1540 g/mol. The number of carboxylic acid groups (broad SMARTS) is 1. The summed E-state index contributed by atoms with van der Waals surface area (Å²) >= 11 is 0. The van der Waals surface area contributed by atoms with Gasteiger partial charge in [0.05, 0.1) is 52.2 Å². The van der Waals surface area contributed by atoms with Gasteiger partial charge in [0, 0.05) is 74.5 Å². The summed E-state index contributed by atoms with van der Waals surface area (Å²) in [6, 6.07) is 9.15. The van der Waals surface area contributed by atoms with Gasteiger partial charge in [-0.3, -0.25) is 38.4 Å². The third-order valence-corrected chi connectivity index (χ3v) is 18.4. The number of methoxy groups -OCH3 is 2. The van der Waals surface area contributed by atoms with E-state index in [9.17, 15) is 79.7 Å². The summed E-state index contributed by atoms with van der Waals surface area (Å²) in [4.78, 5) is 119. The SMILES string of the molecule is C.COc1c2n(cc(C(=O)NCc3cc(F)cc(F)c3)c1=O)C[C@@H]1O[C@H]3CC[C@H](C3)N1C2=O.COc1c2n(cc(C(=O)O)c1=O)C[C@@H]1O[C@H]3CC[C@H](C3)N1C2=O.NCc1cc(F)cc(F)c1.O=C(NCc1cc(F)cc(F)c1)c1cn2c(c(O)c1=O)C(=O)N1[C@@H]3CC[C@@H](C3)O[C@H]1C2.[Br-].[Br-].[Mg+2]. The standard InChI is InChI=1S/C22H21F2N3O5.C21H19F2N3O5.C15H16N2O6.C7H7F2N.CH4.2BrH.Mg/c1-31-20-18-22(30)27-14-2-3-15(7-14)32-17(27)10-26(18)9-16(19(20)28)21(29)25-8-11-4-12(23)6-13(24)5-11;22-11-3-10(4-12(23)5-11)7-24-20(29)15-8-25-9-16-26(13-1-2-14(6-13)31-16)21(30)17(25)19(28)18(15)27;1-22-13-11-14(19)17-7-2-3-8(4-7)23-10(17)6-16(11)5-9(12(13)18)15(20)21;8-6-1-5(4-10)2-7(9)3-6;;;;/h4-6,9,14-15,17H,2-3,7-8,10H2,1H3,(H,25,29);3-5,8,13-14,16,28H,1-2,6-7,9H2,(H,24,29);5,7-8,10H,2-4,6H2,1H3,(H,20,21);1-3H,4,10H2;1H4;2*1H;/q;;;;;;;+2/p-2/t14-,15+,17+;13-,14+,16+;7-,8+,10+;;;;;/m111...../s1. The Morgan fingerprint density at radius 3 is 1.15 bits per heavy atom. The van der Waals surface area contributed by atoms with Gasteiger partial charge in [-0.25, -0.2) is 31.1 Å². The first kappa shape index (κ1) is 77.6. The quantitative estimate of drug-likeness (QED) is 0.0834. The molecule has 6 bridgehead atoms. The van der Waals surface area contributed by atoms with Crippen LogP contribution in [-0.2, 0) is 53.5 Å². The van der Waals surface area contributed by atoms with E-state index in [1.54, 1.807) is 14.7 Å². The van der Waals surface area contributed by atoms with Gasteiger partial charge in [-0.15, -0.1) is 0 Å². The number of nitrogens with two attached hydrogens (primary N) is 1. The number of pyridine rings is 3. The number of rotatable bonds is 10. The third kappa shape index (κ3) is 15.4. The number of halogens is 8. The van der Waals surface area contributed by atoms with Crippen molar-refractivity contribution in [2.24, 2.45) is 5.73 Å². The number of benzene rings is 3. The van der Waals surface area contributed by atoms with E-state index in [0.717, 1.165) is 94.2 Å². The summed E-state index contributed by atoms with van der Waals surface area (Å²) in [5.41, 5.74) is 2.52. The number of hydrogen-bond acceptors (Lipinski definition) is 16. The number of fused-ring (bicyclic) bond motifs is 15. The molecule has 3 saturated heterocycles. The number of nitrogens with one attached hydrogen (secondary N) is 2. The summed E-state index contributed by atoms with van der Waals surface area (Å²) in [5.74, 6) is -9.63. The molecular formula is C66H67Br2F6MgN9O16. The van der Waals surface area contributed by atoms with E-state index in [1.807, 2.05) is 0 Å². The zero-order valence-electron chi connectivity index (χ0n) is 52.8. The van der Waals surface area contributed by atoms with Crippen LogP contribution in [0.3, 0.4) is 0 Å². The monoisotopic (exact) mass is 1540 g/mol. The molecule has 3 aromatic carbocycles. The maximum absolute atomic E-state index is 13.4. The molecule has 9 aliphatic rings. The van der Waals surface area contributed by atoms with E-state index >= 15 is 0 Å². The average Bonchev–Trinajstić information content (AvgIpc) is 1.26. The molecule has 6 N–H and O–H groups in total. The smallest absolute Gasteiger partial charge is 1.00 e. The van der Waals surface area contributed by atoms with Gasteiger partial charge in [-0.1, -0.05) is 7.43 Å². The molecule has 0 radical (unpaired) electrons. The number of aromatic carboxylic acids is 1. The molecule has 3 aromatic heterocycles. The zero-order valence-corrected chi connectivity index (χ0v) is 57.4. The predicted octanol–water partition coefficient (Wildman–Crippen LogP) is -0.731. The number of nitrogens with zero attached hydrogens (tertiary/aromatic N) is 6. The maximum atomic E-state index is 13.4. The Morgan fingerprint density at radius 2 is 0.810 bits per heavy atom. The van der Waals surface area contributed by atoms with Gasteiger partial charge in [-0.05, 0) is 111 Å². The van der Waals surface area contributed by atoms with Crippen LogP contribution < -0.4 is 76.1 Å². The fraction of sp³-hybridized carbons (Fsp3) is 0.409. The Morgan fingerprint density at radius 1 is 0.500 bits per heavy atom. The van der Waals surface area contributed by atoms with Crippen LogP contribution >= 0.6 is 0 Å². The Balaban J connectivity index is 0.000000177. The molecule has 34 heteroatoms. The zero-order chi connectivity index (χ0) is 68.3. The van der Waals surface area contributed by atoms with Crippen molar-refractivity contribution in [1.82, 2.24) is 39.0 Å². The van der Waals surface area contributed by atoms with Gasteiger partial charge in [0.1, 0.15) is 51.6 Å². The van der Waals surface area contributed by atoms with Crippen molar-refractivity contribution in [3.05, 3.63) is 189 Å². The van der Waals surface area contributed by atoms with Crippen LogP contribution in [0.5, 0.6) is 17.2 Å². The van der Waals surface area contributed by atoms with Gasteiger partial charge in [0.15, 0.2) is 53.0 Å². The van der Waals surface area contributed by atoms with Gasteiger partial charge in [0.25, 0.3) is 29.5 Å². The molecule has 6 aliphatic heterocycles. The van der Waals surface area contributed by atoms with E-state index in [-0.39, 0.29) is 196 Å². The van der Waals surface area contributed by atoms with Gasteiger partial charge in [-0.2, -0.15) is 0 Å². The summed E-state index contributed by atoms with van der Waals surface area (Å²) < 4.78 is 111. The molecule has 0 spiro atoms. The minimum Gasteiger partial charge on any atom is -1.00 e. The fourth-order valence-corrected chi connectivity index (χ4v) is 14.2. The number of carbonyl (C=O) groups excluding carboxylic acids is 5. The van der Waals surface area contributed by atoms with Crippen LogP contribution in [0.15, 0.2) is 87.6 Å². The summed E-state index contributed by atoms with van der Waals surface area (Å²) in [7, 11) is 2.54. The van der Waals surface area contributed by atoms with E-state index in [4.69, 9.17) is 29.4 Å². The second kappa shape index (κ2) is 31.8. The number of aromatic hydroxyl groups is 1. The molecule has 9 atom stereocenters. The van der Waals surface area contributed by atoms with Crippen molar-refractivity contribution in [1.29, 1.82) is 0 Å². The summed E-state index contributed by atoms with van der Waals surface area (Å²) in [6.07, 6.45) is 10.1. The normalized spacial score (nSPS) is 22.5. The Labute approximate surface area is 603 Å². The van der Waals surface area contributed by atoms with Crippen molar-refractivity contribution in [2.75, 3.05) is 14.2 Å². The first-order valence-electron chi connectivity index (χ1n) is 30.8. The number of hydrogen-bond donors (Lipinski definition) is 5. The molecule has 9 heterocycles. The Hall–Kier alpha value is -8.12. The van der Waals surface area contributed by atoms with Crippen molar-refractivity contribution >= 4 is 58.6 Å². The molecule has 6 fully saturated rings. The first-order valence-corrected chi connectivity index (χ1v) is 30.8. The number of carbonyl (C=O) groups is 6. The van der Waals surface area contributed by atoms with E-state index in [0.29, 0.717) is 18.2 Å². The number of ether oxygens (including phenoxy) is 5. The van der Waals surface area contributed by atoms with Gasteiger partial charge >= 0.3 is 29.0 Å². The molecule has 25 nitrogen and oxygen atoms in total. The molecule has 100 heavy (non-hydrogen) atoms. The van der Waals surface area contributed by atoms with Crippen LogP contribution in [0, 0.1) is 34.9 Å². The Bertz CT molecular complexity index is 4340. The largest absolute Gasteiger partial charge is 2.00 e. The van der Waals surface area contributed by atoms with Crippen molar-refractivity contribution < 1.29 is 123 Å². The molecule has 530 valence electrons. The van der Waals surface area contributed by atoms with Crippen LogP contribution in [0.25, 0.3) is 0 Å². The van der Waals surface area contributed by atoms with Crippen molar-refractivity contribution in [2.45, 2.75) is 160 Å². The molecule has 3 aliphatic carbocycles. The third-order valence-electron chi connectivity index (χ3n) is 18.4. The Kier molecular flexibility index (Phi) is 24.7. The molecule has 6 aromatic rings. The predicted molar refractivity (Wildman–Crippen MR) is 333 cm³/mol. The van der Waals surface area contributed by atoms with E-state index in [2.05, 4.69) is 10.6 Å². The maximum Gasteiger partial charge on any atom is 2.00 e. The van der Waals surface area contributed by atoms with Crippen LogP contribution in [-0.4, -0.2) is 167 Å². The minimum absolute atomic E-state index is 0. The van der Waals surface area contributed by atoms with Crippen LogP contribution in [0.4, 0.5) is 26.3 Å². The topological polar surface area (TPSA) is 315 Å². The molecule has 0 unspecified atom stereocenters. The molecule has 3 saturated carbocycles. The van der Waals surface area contributed by atoms with Gasteiger partial charge in [0.2, 0.25) is 16.3 Å². The van der Waals surface area contributed by atoms with Gasteiger partial charge < -0.3 is 113 Å². The first-order chi connectivity index (χ1) is 45.9. The van der Waals surface area contributed by atoms with E-state index < -0.39 is 105 Å². The second-order valence-corrected chi connectivity index (χ2v) is 24.4. The van der Waals surface area contributed by atoms with Crippen molar-refractivity contribution in [3.63, 3.8) is 0 Å². The summed E-state index contributed by atoms with van der Waals surface area (Å²) in [5, 5.41) is 24.5. The fourth-order valence-electron chi connectivity index (χ4n) is 14.2. The molecule has 5 amide bonds. The molecule has 15 rings (SSSR count). The molecular weight excluding hydrogens is 1470 g/mol. The van der Waals surface area contributed by atoms with Crippen molar-refractivity contribution in [3.8, 4) is 17.2 Å². The number of amides is 5. The number of aromatic nitrogens is 3. The second-order valence-electron chi connectivity index (χ2n) is 24.4.